The molecule has 1 aromatic carbocycles. The van der Waals surface area contributed by atoms with Crippen molar-refractivity contribution >= 4 is 23.6 Å². The Morgan fingerprint density at radius 1 is 1.14 bits per heavy atom. The minimum absolute atomic E-state index is 0.0120. The van der Waals surface area contributed by atoms with Gasteiger partial charge in [0.15, 0.2) is 0 Å². The van der Waals surface area contributed by atoms with Crippen LogP contribution in [0.15, 0.2) is 18.2 Å². The van der Waals surface area contributed by atoms with Gasteiger partial charge < -0.3 is 20.1 Å². The molecule has 8 rings (SSSR count). The highest BCUT2D eigenvalue weighted by atomic mass is 16.5. The van der Waals surface area contributed by atoms with Crippen molar-refractivity contribution in [1.82, 2.24) is 9.80 Å². The van der Waals surface area contributed by atoms with Gasteiger partial charge in [0.2, 0.25) is 11.8 Å². The first-order valence-electron chi connectivity index (χ1n) is 12.9. The zero-order valence-corrected chi connectivity index (χ0v) is 21.5. The van der Waals surface area contributed by atoms with Gasteiger partial charge in [-0.3, -0.25) is 14.5 Å². The van der Waals surface area contributed by atoms with E-state index in [4.69, 9.17) is 4.74 Å². The largest absolute Gasteiger partial charge is 0.483 e. The number of benzene rings is 1. The molecule has 0 radical (unpaired) electrons. The van der Waals surface area contributed by atoms with E-state index in [2.05, 4.69) is 36.2 Å². The number of anilines is 1. The van der Waals surface area contributed by atoms with Gasteiger partial charge >= 0.3 is 0 Å². The van der Waals surface area contributed by atoms with Crippen molar-refractivity contribution in [2.45, 2.75) is 81.6 Å². The number of amides is 2. The van der Waals surface area contributed by atoms with Gasteiger partial charge in [-0.05, 0) is 75.1 Å². The second kappa shape index (κ2) is 5.78. The van der Waals surface area contributed by atoms with Crippen molar-refractivity contribution in [3.8, 4) is 5.75 Å². The summed E-state index contributed by atoms with van der Waals surface area (Å²) in [6.45, 7) is 11.7. The minimum Gasteiger partial charge on any atom is -0.483 e. The Morgan fingerprint density at radius 2 is 1.89 bits per heavy atom. The van der Waals surface area contributed by atoms with Crippen molar-refractivity contribution in [2.75, 3.05) is 25.5 Å². The molecule has 7 nitrogen and oxygen atoms in total. The molecule has 2 amide bonds. The lowest BCUT2D eigenvalue weighted by Gasteiger charge is -2.65. The summed E-state index contributed by atoms with van der Waals surface area (Å²) in [7, 11) is 1.90. The number of hydrogen-bond donors (Lipinski definition) is 2. The van der Waals surface area contributed by atoms with E-state index >= 15 is 0 Å². The highest BCUT2D eigenvalue weighted by molar-refractivity contribution is 6.10. The van der Waals surface area contributed by atoms with Gasteiger partial charge in [0, 0.05) is 25.7 Å². The molecule has 4 saturated heterocycles. The molecule has 6 heterocycles. The van der Waals surface area contributed by atoms with Crippen LogP contribution < -0.4 is 10.1 Å². The molecule has 2 bridgehead atoms. The van der Waals surface area contributed by atoms with E-state index in [0.29, 0.717) is 32.4 Å². The Hall–Kier alpha value is -2.38. The van der Waals surface area contributed by atoms with E-state index in [9.17, 15) is 14.7 Å². The summed E-state index contributed by atoms with van der Waals surface area (Å²) in [6.07, 6.45) is 5.87. The number of likely N-dealkylation sites (N-methyl/N-ethyl adjacent to an activating group) is 1. The summed E-state index contributed by atoms with van der Waals surface area (Å²) in [5, 5.41) is 14.8. The van der Waals surface area contributed by atoms with E-state index in [1.54, 1.807) is 0 Å². The number of nitrogens with zero attached hydrogens (tertiary/aromatic N) is 2. The van der Waals surface area contributed by atoms with Crippen LogP contribution in [0.3, 0.4) is 0 Å². The molecule has 186 valence electrons. The first kappa shape index (κ1) is 21.9. The molecule has 1 unspecified atom stereocenters. The summed E-state index contributed by atoms with van der Waals surface area (Å²) < 4.78 is 6.20. The Balaban J connectivity index is 1.43. The third kappa shape index (κ3) is 2.08. The van der Waals surface area contributed by atoms with E-state index in [1.165, 1.54) is 0 Å². The van der Waals surface area contributed by atoms with Crippen LogP contribution >= 0.6 is 0 Å². The standard InChI is InChI=1S/C28H35N3O4/c1-23(2)10-9-16-18(35-23)8-7-17-20(16)29-21(32)27(17)14-26-15-31-12-11-25(5,34)28(31,22(33)30(26)6)13-19(26)24(27,3)4/h7-10,19,34H,11-15H2,1-6H3,(H,29,32)/t19-,25+,26?,27+,28+/m0/s1. The topological polar surface area (TPSA) is 82.1 Å². The Morgan fingerprint density at radius 3 is 2.63 bits per heavy atom. The van der Waals surface area contributed by atoms with Crippen LogP contribution in [-0.2, 0) is 15.0 Å². The number of aliphatic hydroxyl groups is 1. The monoisotopic (exact) mass is 477 g/mol. The molecule has 3 spiro atoms. The third-order valence-electron chi connectivity index (χ3n) is 11.1. The Labute approximate surface area is 206 Å². The second-order valence-corrected chi connectivity index (χ2v) is 13.2. The fourth-order valence-corrected chi connectivity index (χ4v) is 9.17. The van der Waals surface area contributed by atoms with Crippen molar-refractivity contribution in [1.29, 1.82) is 0 Å². The minimum atomic E-state index is -1.08. The number of hydrogen-bond acceptors (Lipinski definition) is 5. The van der Waals surface area contributed by atoms with Crippen LogP contribution in [0.2, 0.25) is 0 Å². The fourth-order valence-electron chi connectivity index (χ4n) is 9.17. The van der Waals surface area contributed by atoms with Gasteiger partial charge in [0.05, 0.1) is 22.2 Å². The molecular weight excluding hydrogens is 442 g/mol. The highest BCUT2D eigenvalue weighted by Gasteiger charge is 2.82. The average molecular weight is 478 g/mol. The first-order valence-corrected chi connectivity index (χ1v) is 12.9. The summed E-state index contributed by atoms with van der Waals surface area (Å²) in [4.78, 5) is 32.2. The van der Waals surface area contributed by atoms with Crippen molar-refractivity contribution < 1.29 is 19.4 Å². The van der Waals surface area contributed by atoms with E-state index in [1.807, 2.05) is 44.9 Å². The molecule has 2 N–H and O–H groups in total. The van der Waals surface area contributed by atoms with Crippen LogP contribution in [0.1, 0.15) is 65.0 Å². The van der Waals surface area contributed by atoms with E-state index in [-0.39, 0.29) is 17.7 Å². The van der Waals surface area contributed by atoms with Crippen LogP contribution in [0, 0.1) is 11.3 Å². The average Bonchev–Trinajstić information content (AvgIpc) is 3.29. The molecule has 7 heteroatoms. The van der Waals surface area contributed by atoms with Gasteiger partial charge in [-0.1, -0.05) is 19.9 Å². The summed E-state index contributed by atoms with van der Waals surface area (Å²) in [5.74, 6) is 0.889. The number of fused-ring (bicyclic) bond motifs is 5. The predicted octanol–water partition coefficient (Wildman–Crippen LogP) is 2.92. The molecule has 6 aliphatic heterocycles. The lowest BCUT2D eigenvalue weighted by molar-refractivity contribution is -0.206. The number of nitrogens with one attached hydrogen (secondary N) is 1. The number of carbonyl (C=O) groups is 2. The first-order chi connectivity index (χ1) is 16.2. The zero-order chi connectivity index (χ0) is 25.0. The molecule has 7 aliphatic rings. The number of piperidine rings is 2. The second-order valence-electron chi connectivity index (χ2n) is 13.2. The summed E-state index contributed by atoms with van der Waals surface area (Å²) >= 11 is 0. The van der Waals surface area contributed by atoms with Gasteiger partial charge in [-0.2, -0.15) is 0 Å². The lowest BCUT2D eigenvalue weighted by Crippen LogP contribution is -2.82. The molecule has 1 aromatic rings. The smallest absolute Gasteiger partial charge is 0.246 e. The Kier molecular flexibility index (Phi) is 3.61. The van der Waals surface area contributed by atoms with Gasteiger partial charge in [-0.25, -0.2) is 0 Å². The van der Waals surface area contributed by atoms with E-state index in [0.717, 1.165) is 22.6 Å². The highest BCUT2D eigenvalue weighted by Crippen LogP contribution is 2.72. The summed E-state index contributed by atoms with van der Waals surface area (Å²) in [6, 6.07) is 4.08. The van der Waals surface area contributed by atoms with Crippen LogP contribution in [0.5, 0.6) is 5.75 Å². The maximum atomic E-state index is 14.1. The molecule has 35 heavy (non-hydrogen) atoms. The van der Waals surface area contributed by atoms with Crippen LogP contribution in [-0.4, -0.2) is 69.1 Å². The SMILES string of the molecule is CN1C(=O)[C@@]23C[C@@H]4C1(CN2CC[C@@]3(C)O)C[C@@]1(C(=O)Nc2c1ccc1c2C=CC(C)(C)O1)C4(C)C. The van der Waals surface area contributed by atoms with Gasteiger partial charge in [0.25, 0.3) is 0 Å². The summed E-state index contributed by atoms with van der Waals surface area (Å²) in [5.41, 5.74) is -1.26. The number of ether oxygens (including phenoxy) is 1. The zero-order valence-electron chi connectivity index (χ0n) is 21.5. The van der Waals surface area contributed by atoms with Crippen molar-refractivity contribution in [2.24, 2.45) is 11.3 Å². The quantitative estimate of drug-likeness (QED) is 0.601. The van der Waals surface area contributed by atoms with Crippen LogP contribution in [0.25, 0.3) is 6.08 Å². The molecule has 5 atom stereocenters. The maximum Gasteiger partial charge on any atom is 0.246 e. The lowest BCUT2D eigenvalue weighted by atomic mass is 9.55. The van der Waals surface area contributed by atoms with E-state index < -0.39 is 33.1 Å². The van der Waals surface area contributed by atoms with Crippen molar-refractivity contribution in [3.05, 3.63) is 29.3 Å². The Bertz CT molecular complexity index is 1260. The van der Waals surface area contributed by atoms with Gasteiger partial charge in [-0.15, -0.1) is 0 Å². The fraction of sp³-hybridized carbons (Fsp3) is 0.643. The molecule has 1 saturated carbocycles. The van der Waals surface area contributed by atoms with Crippen LogP contribution in [0.4, 0.5) is 5.69 Å². The van der Waals surface area contributed by atoms with Gasteiger partial charge in [0.1, 0.15) is 16.9 Å². The normalized spacial score (nSPS) is 43.6. The molecular formula is C28H35N3O4. The predicted molar refractivity (Wildman–Crippen MR) is 132 cm³/mol. The maximum absolute atomic E-state index is 14.1. The number of carbonyl (C=O) groups excluding carboxylic acids is 2. The number of piperazine rings is 1. The molecule has 0 aromatic heterocycles. The molecule has 5 fully saturated rings. The van der Waals surface area contributed by atoms with Crippen molar-refractivity contribution in [3.63, 3.8) is 0 Å². The number of rotatable bonds is 0. The molecule has 1 aliphatic carbocycles. The third-order valence-corrected chi connectivity index (χ3v) is 11.1.